The number of carbonyl (C=O) groups is 1. The largest absolute Gasteiger partial charge is 0.495 e. The topological polar surface area (TPSA) is 128 Å². The lowest BCUT2D eigenvalue weighted by molar-refractivity contribution is -0.385. The van der Waals surface area contributed by atoms with Crippen molar-refractivity contribution in [3.8, 4) is 5.75 Å². The van der Waals surface area contributed by atoms with Gasteiger partial charge in [-0.05, 0) is 50.2 Å². The van der Waals surface area contributed by atoms with Gasteiger partial charge in [-0.15, -0.1) is 0 Å². The molecule has 3 aromatic rings. The van der Waals surface area contributed by atoms with Gasteiger partial charge in [0.25, 0.3) is 21.6 Å². The van der Waals surface area contributed by atoms with Crippen molar-refractivity contribution in [3.63, 3.8) is 0 Å². The first-order valence-corrected chi connectivity index (χ1v) is 10.9. The van der Waals surface area contributed by atoms with Crippen LogP contribution < -0.4 is 14.8 Å². The molecule has 0 atom stereocenters. The molecule has 0 spiro atoms. The number of nitro benzene ring substituents is 1. The molecule has 0 saturated heterocycles. The van der Waals surface area contributed by atoms with Crippen molar-refractivity contribution in [2.45, 2.75) is 18.7 Å². The molecule has 166 valence electrons. The number of rotatable bonds is 7. The van der Waals surface area contributed by atoms with Crippen LogP contribution in [0.15, 0.2) is 65.6 Å². The first kappa shape index (κ1) is 22.8. The summed E-state index contributed by atoms with van der Waals surface area (Å²) in [7, 11) is -2.74. The van der Waals surface area contributed by atoms with Crippen molar-refractivity contribution in [1.82, 2.24) is 0 Å². The monoisotopic (exact) mass is 455 g/mol. The van der Waals surface area contributed by atoms with Crippen molar-refractivity contribution < 1.29 is 22.9 Å². The van der Waals surface area contributed by atoms with Gasteiger partial charge in [-0.1, -0.05) is 23.8 Å². The van der Waals surface area contributed by atoms with E-state index in [0.717, 1.165) is 5.56 Å². The number of hydrogen-bond acceptors (Lipinski definition) is 6. The number of methoxy groups -OCH3 is 1. The lowest BCUT2D eigenvalue weighted by Crippen LogP contribution is -2.17. The van der Waals surface area contributed by atoms with E-state index in [1.54, 1.807) is 31.2 Å². The summed E-state index contributed by atoms with van der Waals surface area (Å²) >= 11 is 0. The Balaban J connectivity index is 1.91. The number of sulfonamides is 1. The second kappa shape index (κ2) is 9.06. The Bertz CT molecular complexity index is 1290. The SMILES string of the molecule is COc1ccc(C(=O)Nc2ccc(C)c([N+](=O)[O-])c2)cc1S(=O)(=O)Nc1ccc(C)cc1. The van der Waals surface area contributed by atoms with Crippen LogP contribution in [0.4, 0.5) is 17.1 Å². The highest BCUT2D eigenvalue weighted by Crippen LogP contribution is 2.28. The molecule has 0 aliphatic carbocycles. The summed E-state index contributed by atoms with van der Waals surface area (Å²) in [5.74, 6) is -0.565. The quantitative estimate of drug-likeness (QED) is 0.404. The molecule has 0 bridgehead atoms. The molecule has 1 amide bonds. The van der Waals surface area contributed by atoms with E-state index in [4.69, 9.17) is 4.74 Å². The molecule has 3 rings (SSSR count). The van der Waals surface area contributed by atoms with E-state index < -0.39 is 20.9 Å². The van der Waals surface area contributed by atoms with Crippen LogP contribution in [0.25, 0.3) is 0 Å². The number of hydrogen-bond donors (Lipinski definition) is 2. The normalized spacial score (nSPS) is 11.0. The Kier molecular flexibility index (Phi) is 6.45. The van der Waals surface area contributed by atoms with Gasteiger partial charge in [0.15, 0.2) is 0 Å². The van der Waals surface area contributed by atoms with Crippen LogP contribution in [-0.2, 0) is 10.0 Å². The van der Waals surface area contributed by atoms with Crippen molar-refractivity contribution in [2.75, 3.05) is 17.1 Å². The standard InChI is InChI=1S/C22H21N3O6S/c1-14-4-8-17(9-5-14)24-32(29,30)21-12-16(7-11-20(21)31-3)22(26)23-18-10-6-15(2)19(13-18)25(27)28/h4-13,24H,1-3H3,(H,23,26). The van der Waals surface area contributed by atoms with Crippen molar-refractivity contribution >= 4 is 33.0 Å². The molecular weight excluding hydrogens is 434 g/mol. The van der Waals surface area contributed by atoms with E-state index >= 15 is 0 Å². The fourth-order valence-corrected chi connectivity index (χ4v) is 4.20. The molecule has 32 heavy (non-hydrogen) atoms. The molecule has 9 nitrogen and oxygen atoms in total. The summed E-state index contributed by atoms with van der Waals surface area (Å²) in [6.45, 7) is 3.47. The first-order chi connectivity index (χ1) is 15.1. The van der Waals surface area contributed by atoms with Crippen LogP contribution in [0.5, 0.6) is 5.75 Å². The van der Waals surface area contributed by atoms with Gasteiger partial charge in [-0.2, -0.15) is 0 Å². The third-order valence-electron chi connectivity index (χ3n) is 4.68. The third kappa shape index (κ3) is 5.03. The van der Waals surface area contributed by atoms with E-state index in [1.807, 2.05) is 6.92 Å². The summed E-state index contributed by atoms with van der Waals surface area (Å²) in [5, 5.41) is 13.7. The third-order valence-corrected chi connectivity index (χ3v) is 6.09. The molecule has 0 unspecified atom stereocenters. The van der Waals surface area contributed by atoms with Crippen molar-refractivity contribution in [3.05, 3.63) is 87.5 Å². The molecule has 0 radical (unpaired) electrons. The summed E-state index contributed by atoms with van der Waals surface area (Å²) in [6.07, 6.45) is 0. The van der Waals surface area contributed by atoms with Gasteiger partial charge in [0.2, 0.25) is 0 Å². The van der Waals surface area contributed by atoms with Gasteiger partial charge in [0.05, 0.1) is 12.0 Å². The van der Waals surface area contributed by atoms with Crippen LogP contribution in [0.3, 0.4) is 0 Å². The zero-order valence-electron chi connectivity index (χ0n) is 17.6. The fraction of sp³-hybridized carbons (Fsp3) is 0.136. The number of ether oxygens (including phenoxy) is 1. The van der Waals surface area contributed by atoms with Crippen LogP contribution >= 0.6 is 0 Å². The number of nitrogens with zero attached hydrogens (tertiary/aromatic N) is 1. The highest BCUT2D eigenvalue weighted by Gasteiger charge is 2.22. The summed E-state index contributed by atoms with van der Waals surface area (Å²) in [5.41, 5.74) is 1.90. The van der Waals surface area contributed by atoms with E-state index in [0.29, 0.717) is 11.3 Å². The molecule has 3 aromatic carbocycles. The average Bonchev–Trinajstić information content (AvgIpc) is 2.75. The molecule has 0 aliphatic rings. The maximum Gasteiger partial charge on any atom is 0.274 e. The minimum atomic E-state index is -4.07. The van der Waals surface area contributed by atoms with E-state index in [9.17, 15) is 23.3 Å². The molecule has 0 saturated carbocycles. The predicted molar refractivity (Wildman–Crippen MR) is 121 cm³/mol. The highest BCUT2D eigenvalue weighted by atomic mass is 32.2. The van der Waals surface area contributed by atoms with E-state index in [2.05, 4.69) is 10.0 Å². The lowest BCUT2D eigenvalue weighted by atomic mass is 10.1. The van der Waals surface area contributed by atoms with Gasteiger partial charge >= 0.3 is 0 Å². The molecule has 2 N–H and O–H groups in total. The zero-order valence-corrected chi connectivity index (χ0v) is 18.4. The first-order valence-electron chi connectivity index (χ1n) is 9.44. The van der Waals surface area contributed by atoms with Crippen molar-refractivity contribution in [2.24, 2.45) is 0 Å². The van der Waals surface area contributed by atoms with Gasteiger partial charge in [0.1, 0.15) is 10.6 Å². The number of nitro groups is 1. The molecule has 0 aromatic heterocycles. The minimum absolute atomic E-state index is 0.0401. The summed E-state index contributed by atoms with van der Waals surface area (Å²) in [4.78, 5) is 23.1. The molecule has 10 heteroatoms. The Morgan fingerprint density at radius 2 is 1.62 bits per heavy atom. The van der Waals surface area contributed by atoms with Crippen molar-refractivity contribution in [1.29, 1.82) is 0 Å². The maximum atomic E-state index is 13.0. The van der Waals surface area contributed by atoms with Gasteiger partial charge in [-0.3, -0.25) is 19.6 Å². The number of anilines is 2. The van der Waals surface area contributed by atoms with Crippen LogP contribution in [0.1, 0.15) is 21.5 Å². The maximum absolute atomic E-state index is 13.0. The van der Waals surface area contributed by atoms with E-state index in [1.165, 1.54) is 43.5 Å². The second-order valence-corrected chi connectivity index (χ2v) is 8.70. The Morgan fingerprint density at radius 1 is 0.969 bits per heavy atom. The Labute approximate surface area is 185 Å². The smallest absolute Gasteiger partial charge is 0.274 e. The fourth-order valence-electron chi connectivity index (χ4n) is 2.95. The minimum Gasteiger partial charge on any atom is -0.495 e. The average molecular weight is 455 g/mol. The van der Waals surface area contributed by atoms with Crippen LogP contribution in [0.2, 0.25) is 0 Å². The van der Waals surface area contributed by atoms with Crippen LogP contribution in [-0.4, -0.2) is 26.4 Å². The van der Waals surface area contributed by atoms with Crippen LogP contribution in [0, 0.1) is 24.0 Å². The predicted octanol–water partition coefficient (Wildman–Crippen LogP) is 4.27. The van der Waals surface area contributed by atoms with E-state index in [-0.39, 0.29) is 27.6 Å². The summed E-state index contributed by atoms with van der Waals surface area (Å²) in [6, 6.07) is 15.0. The Hall–Kier alpha value is -3.92. The number of carbonyl (C=O) groups excluding carboxylic acids is 1. The number of aryl methyl sites for hydroxylation is 2. The Morgan fingerprint density at radius 3 is 2.25 bits per heavy atom. The highest BCUT2D eigenvalue weighted by molar-refractivity contribution is 7.92. The molecule has 0 heterocycles. The molecular formula is C22H21N3O6S. The molecule has 0 fully saturated rings. The molecule has 0 aliphatic heterocycles. The van der Waals surface area contributed by atoms with Gasteiger partial charge < -0.3 is 10.1 Å². The van der Waals surface area contributed by atoms with Gasteiger partial charge in [0, 0.05) is 28.6 Å². The number of amides is 1. The lowest BCUT2D eigenvalue weighted by Gasteiger charge is -2.13. The number of nitrogens with one attached hydrogen (secondary N) is 2. The zero-order chi connectivity index (χ0) is 23.5. The number of benzene rings is 3. The van der Waals surface area contributed by atoms with Gasteiger partial charge in [-0.25, -0.2) is 8.42 Å². The summed E-state index contributed by atoms with van der Waals surface area (Å²) < 4.78 is 33.6. The second-order valence-electron chi connectivity index (χ2n) is 7.05.